The number of hydrogen-bond acceptors (Lipinski definition) is 4. The average Bonchev–Trinajstić information content (AvgIpc) is 2.68. The number of nitrogens with zero attached hydrogens (tertiary/aromatic N) is 1. The third-order valence-electron chi connectivity index (χ3n) is 2.10. The number of nitrogens with two attached hydrogens (primary N) is 1. The lowest BCUT2D eigenvalue weighted by Gasteiger charge is -2.14. The van der Waals surface area contributed by atoms with E-state index in [4.69, 9.17) is 5.84 Å². The Hall–Kier alpha value is -0.750. The first-order valence-electron chi connectivity index (χ1n) is 4.41. The average molecular weight is 284 g/mol. The summed E-state index contributed by atoms with van der Waals surface area (Å²) in [6.07, 6.45) is 1.76. The summed E-state index contributed by atoms with van der Waals surface area (Å²) < 4.78 is 1.06. The number of nitrogens with one attached hydrogen (secondary N) is 1. The molecule has 2 rings (SSSR count). The smallest absolute Gasteiger partial charge is 0.0900 e. The van der Waals surface area contributed by atoms with E-state index in [0.717, 1.165) is 15.7 Å². The molecule has 0 amide bonds. The van der Waals surface area contributed by atoms with Crippen molar-refractivity contribution in [1.29, 1.82) is 0 Å². The van der Waals surface area contributed by atoms with Gasteiger partial charge in [0.05, 0.1) is 11.7 Å². The van der Waals surface area contributed by atoms with Gasteiger partial charge < -0.3 is 0 Å². The molecule has 3 N–H and O–H groups in total. The van der Waals surface area contributed by atoms with Gasteiger partial charge in [0.25, 0.3) is 0 Å². The van der Waals surface area contributed by atoms with Crippen LogP contribution in [-0.4, -0.2) is 4.98 Å². The van der Waals surface area contributed by atoms with E-state index in [0.29, 0.717) is 0 Å². The molecule has 2 aromatic heterocycles. The summed E-state index contributed by atoms with van der Waals surface area (Å²) in [5.41, 5.74) is 4.80. The Labute approximate surface area is 100 Å². The Kier molecular flexibility index (Phi) is 3.48. The van der Waals surface area contributed by atoms with Crippen LogP contribution in [-0.2, 0) is 0 Å². The Bertz CT molecular complexity index is 429. The molecule has 5 heteroatoms. The van der Waals surface area contributed by atoms with Crippen molar-refractivity contribution < 1.29 is 0 Å². The summed E-state index contributed by atoms with van der Waals surface area (Å²) in [4.78, 5) is 4.29. The van der Waals surface area contributed by atoms with Gasteiger partial charge in [-0.3, -0.25) is 10.8 Å². The summed E-state index contributed by atoms with van der Waals surface area (Å²) in [6, 6.07) is 5.73. The molecule has 0 aliphatic rings. The SMILES string of the molecule is NNC(c1ccccn1)c1cscc1Br. The van der Waals surface area contributed by atoms with Gasteiger partial charge >= 0.3 is 0 Å². The fourth-order valence-electron chi connectivity index (χ4n) is 1.38. The second kappa shape index (κ2) is 4.85. The van der Waals surface area contributed by atoms with Gasteiger partial charge in [-0.1, -0.05) is 6.07 Å². The second-order valence-corrected chi connectivity index (χ2v) is 4.63. The van der Waals surface area contributed by atoms with Crippen molar-refractivity contribution in [3.05, 3.63) is 50.9 Å². The number of hydrogen-bond donors (Lipinski definition) is 2. The first-order valence-corrected chi connectivity index (χ1v) is 6.15. The molecule has 1 unspecified atom stereocenters. The van der Waals surface area contributed by atoms with E-state index in [1.165, 1.54) is 0 Å². The van der Waals surface area contributed by atoms with E-state index in [1.807, 2.05) is 23.6 Å². The normalized spacial score (nSPS) is 12.7. The van der Waals surface area contributed by atoms with Crippen molar-refractivity contribution in [2.24, 2.45) is 5.84 Å². The highest BCUT2D eigenvalue weighted by molar-refractivity contribution is 9.10. The van der Waals surface area contributed by atoms with Gasteiger partial charge in [0, 0.05) is 21.6 Å². The van der Waals surface area contributed by atoms with Gasteiger partial charge in [0.15, 0.2) is 0 Å². The van der Waals surface area contributed by atoms with Crippen molar-refractivity contribution >= 4 is 27.3 Å². The maximum absolute atomic E-state index is 5.56. The molecule has 0 saturated heterocycles. The highest BCUT2D eigenvalue weighted by Crippen LogP contribution is 2.29. The fourth-order valence-corrected chi connectivity index (χ4v) is 2.93. The number of halogens is 1. The van der Waals surface area contributed by atoms with Gasteiger partial charge in [-0.05, 0) is 33.4 Å². The highest BCUT2D eigenvalue weighted by Gasteiger charge is 2.16. The van der Waals surface area contributed by atoms with E-state index in [1.54, 1.807) is 17.5 Å². The largest absolute Gasteiger partial charge is 0.271 e. The molecule has 3 nitrogen and oxygen atoms in total. The zero-order valence-corrected chi connectivity index (χ0v) is 10.3. The first-order chi connectivity index (χ1) is 7.33. The zero-order chi connectivity index (χ0) is 10.7. The Balaban J connectivity index is 2.37. The summed E-state index contributed by atoms with van der Waals surface area (Å²) in [5.74, 6) is 5.56. The van der Waals surface area contributed by atoms with Crippen molar-refractivity contribution in [3.63, 3.8) is 0 Å². The Morgan fingerprint density at radius 3 is 2.80 bits per heavy atom. The van der Waals surface area contributed by atoms with E-state index >= 15 is 0 Å². The molecule has 0 spiro atoms. The maximum Gasteiger partial charge on any atom is 0.0900 e. The van der Waals surface area contributed by atoms with Crippen molar-refractivity contribution in [3.8, 4) is 0 Å². The standard InChI is InChI=1S/C10H10BrN3S/c11-8-6-15-5-7(8)10(14-12)9-3-1-2-4-13-9/h1-6,10,14H,12H2. The number of pyridine rings is 1. The van der Waals surface area contributed by atoms with Gasteiger partial charge in [-0.2, -0.15) is 11.3 Å². The van der Waals surface area contributed by atoms with Crippen molar-refractivity contribution in [1.82, 2.24) is 10.4 Å². The minimum absolute atomic E-state index is 0.0631. The Morgan fingerprint density at radius 1 is 1.40 bits per heavy atom. The van der Waals surface area contributed by atoms with Gasteiger partial charge in [0.2, 0.25) is 0 Å². The highest BCUT2D eigenvalue weighted by atomic mass is 79.9. The topological polar surface area (TPSA) is 50.9 Å². The van der Waals surface area contributed by atoms with Crippen molar-refractivity contribution in [2.75, 3.05) is 0 Å². The van der Waals surface area contributed by atoms with Crippen LogP contribution in [0.1, 0.15) is 17.3 Å². The molecule has 0 aliphatic heterocycles. The second-order valence-electron chi connectivity index (χ2n) is 3.03. The summed E-state index contributed by atoms with van der Waals surface area (Å²) in [6.45, 7) is 0. The predicted molar refractivity (Wildman–Crippen MR) is 65.4 cm³/mol. The Morgan fingerprint density at radius 2 is 2.27 bits per heavy atom. The molecule has 0 saturated carbocycles. The predicted octanol–water partition coefficient (Wildman–Crippen LogP) is 2.46. The molecule has 1 atom stereocenters. The lowest BCUT2D eigenvalue weighted by molar-refractivity contribution is 0.620. The van der Waals surface area contributed by atoms with Gasteiger partial charge in [0.1, 0.15) is 0 Å². The van der Waals surface area contributed by atoms with Crippen LogP contribution in [0.15, 0.2) is 39.6 Å². The molecule has 2 heterocycles. The molecule has 0 aromatic carbocycles. The monoisotopic (exact) mass is 283 g/mol. The summed E-state index contributed by atoms with van der Waals surface area (Å²) >= 11 is 5.13. The number of hydrazine groups is 1. The molecule has 0 radical (unpaired) electrons. The summed E-state index contributed by atoms with van der Waals surface area (Å²) in [5, 5.41) is 4.09. The van der Waals surface area contributed by atoms with Crippen LogP contribution < -0.4 is 11.3 Å². The quantitative estimate of drug-likeness (QED) is 0.672. The van der Waals surface area contributed by atoms with Crippen LogP contribution in [0.2, 0.25) is 0 Å². The van der Waals surface area contributed by atoms with Crippen LogP contribution in [0.5, 0.6) is 0 Å². The molecule has 15 heavy (non-hydrogen) atoms. The van der Waals surface area contributed by atoms with E-state index < -0.39 is 0 Å². The van der Waals surface area contributed by atoms with Crippen LogP contribution in [0.25, 0.3) is 0 Å². The summed E-state index contributed by atoms with van der Waals surface area (Å²) in [7, 11) is 0. The molecule has 0 fully saturated rings. The number of rotatable bonds is 3. The van der Waals surface area contributed by atoms with Crippen LogP contribution >= 0.6 is 27.3 Å². The molecule has 2 aromatic rings. The van der Waals surface area contributed by atoms with E-state index in [2.05, 4.69) is 31.7 Å². The van der Waals surface area contributed by atoms with Crippen LogP contribution in [0, 0.1) is 0 Å². The first kappa shape index (κ1) is 10.8. The minimum Gasteiger partial charge on any atom is -0.271 e. The minimum atomic E-state index is -0.0631. The number of aromatic nitrogens is 1. The third kappa shape index (κ3) is 2.26. The van der Waals surface area contributed by atoms with Crippen molar-refractivity contribution in [2.45, 2.75) is 6.04 Å². The van der Waals surface area contributed by atoms with Gasteiger partial charge in [-0.25, -0.2) is 5.43 Å². The number of thiophene rings is 1. The third-order valence-corrected chi connectivity index (χ3v) is 3.86. The van der Waals surface area contributed by atoms with E-state index in [-0.39, 0.29) is 6.04 Å². The molecular weight excluding hydrogens is 274 g/mol. The molecule has 78 valence electrons. The van der Waals surface area contributed by atoms with E-state index in [9.17, 15) is 0 Å². The van der Waals surface area contributed by atoms with Crippen LogP contribution in [0.4, 0.5) is 0 Å². The molecule has 0 bridgehead atoms. The lowest BCUT2D eigenvalue weighted by atomic mass is 10.1. The van der Waals surface area contributed by atoms with Gasteiger partial charge in [-0.15, -0.1) is 0 Å². The zero-order valence-electron chi connectivity index (χ0n) is 7.85. The lowest BCUT2D eigenvalue weighted by Crippen LogP contribution is -2.29. The fraction of sp³-hybridized carbons (Fsp3) is 0.100. The maximum atomic E-state index is 5.56. The van der Waals surface area contributed by atoms with Crippen LogP contribution in [0.3, 0.4) is 0 Å². The molecular formula is C10H10BrN3S. The molecule has 0 aliphatic carbocycles.